The standard InChI is InChI=1S/C19H13Cl3N2O5S/c1-28-19(25)11-2-4-13(5-3-11)29-18-17(8-12(20)10-23-18)24-30(26,27)14-6-7-15(21)16(22)9-14/h2-10,24H,1H3. The van der Waals surface area contributed by atoms with Gasteiger partial charge in [0.15, 0.2) is 0 Å². The summed E-state index contributed by atoms with van der Waals surface area (Å²) in [4.78, 5) is 15.5. The van der Waals surface area contributed by atoms with Crippen LogP contribution in [0.2, 0.25) is 15.1 Å². The maximum Gasteiger partial charge on any atom is 0.337 e. The van der Waals surface area contributed by atoms with Crippen molar-refractivity contribution < 1.29 is 22.7 Å². The Morgan fingerprint density at radius 1 is 1.00 bits per heavy atom. The summed E-state index contributed by atoms with van der Waals surface area (Å²) in [7, 11) is -2.76. The van der Waals surface area contributed by atoms with Crippen LogP contribution in [0.25, 0.3) is 0 Å². The molecule has 0 aliphatic rings. The molecule has 0 amide bonds. The summed E-state index contributed by atoms with van der Waals surface area (Å²) in [6.07, 6.45) is 1.30. The van der Waals surface area contributed by atoms with Gasteiger partial charge >= 0.3 is 5.97 Å². The summed E-state index contributed by atoms with van der Waals surface area (Å²) in [5, 5.41) is 0.501. The van der Waals surface area contributed by atoms with E-state index >= 15 is 0 Å². The monoisotopic (exact) mass is 486 g/mol. The third kappa shape index (κ3) is 5.14. The maximum atomic E-state index is 12.7. The highest BCUT2D eigenvalue weighted by molar-refractivity contribution is 7.92. The number of aromatic nitrogens is 1. The molecule has 0 bridgehead atoms. The van der Waals surface area contributed by atoms with Crippen molar-refractivity contribution in [2.45, 2.75) is 4.90 Å². The normalized spacial score (nSPS) is 11.1. The van der Waals surface area contributed by atoms with Crippen LogP contribution in [-0.2, 0) is 14.8 Å². The van der Waals surface area contributed by atoms with Gasteiger partial charge in [0.1, 0.15) is 11.4 Å². The van der Waals surface area contributed by atoms with Crippen molar-refractivity contribution in [2.75, 3.05) is 11.8 Å². The van der Waals surface area contributed by atoms with Crippen molar-refractivity contribution in [3.8, 4) is 11.6 Å². The van der Waals surface area contributed by atoms with Gasteiger partial charge in [-0.1, -0.05) is 34.8 Å². The quantitative estimate of drug-likeness (QED) is 0.466. The number of ether oxygens (including phenoxy) is 2. The fourth-order valence-electron chi connectivity index (χ4n) is 2.32. The van der Waals surface area contributed by atoms with Crippen LogP contribution < -0.4 is 9.46 Å². The first-order valence-electron chi connectivity index (χ1n) is 8.19. The smallest absolute Gasteiger partial charge is 0.337 e. The zero-order chi connectivity index (χ0) is 21.9. The van der Waals surface area contributed by atoms with E-state index in [-0.39, 0.29) is 31.5 Å². The molecule has 0 saturated heterocycles. The van der Waals surface area contributed by atoms with E-state index in [2.05, 4.69) is 14.4 Å². The number of benzene rings is 2. The molecule has 0 fully saturated rings. The Hall–Kier alpha value is -2.52. The largest absolute Gasteiger partial charge is 0.465 e. The number of rotatable bonds is 6. The predicted molar refractivity (Wildman–Crippen MR) is 114 cm³/mol. The van der Waals surface area contributed by atoms with Gasteiger partial charge in [-0.25, -0.2) is 18.2 Å². The van der Waals surface area contributed by atoms with Gasteiger partial charge in [-0.3, -0.25) is 4.72 Å². The number of pyridine rings is 1. The van der Waals surface area contributed by atoms with E-state index in [4.69, 9.17) is 39.5 Å². The van der Waals surface area contributed by atoms with Crippen molar-refractivity contribution in [2.24, 2.45) is 0 Å². The fraction of sp³-hybridized carbons (Fsp3) is 0.0526. The number of nitrogens with zero attached hydrogens (tertiary/aromatic N) is 1. The Morgan fingerprint density at radius 3 is 2.33 bits per heavy atom. The molecular weight excluding hydrogens is 475 g/mol. The van der Waals surface area contributed by atoms with Crippen molar-refractivity contribution in [3.63, 3.8) is 0 Å². The topological polar surface area (TPSA) is 94.6 Å². The van der Waals surface area contributed by atoms with E-state index in [0.717, 1.165) is 0 Å². The number of methoxy groups -OCH3 is 1. The SMILES string of the molecule is COC(=O)c1ccc(Oc2ncc(Cl)cc2NS(=O)(=O)c2ccc(Cl)c(Cl)c2)cc1. The second-order valence-corrected chi connectivity index (χ2v) is 8.74. The average Bonchev–Trinajstić information content (AvgIpc) is 2.71. The highest BCUT2D eigenvalue weighted by Gasteiger charge is 2.19. The molecule has 2 aromatic carbocycles. The minimum absolute atomic E-state index is 0.00520. The van der Waals surface area contributed by atoms with Crippen LogP contribution >= 0.6 is 34.8 Å². The second kappa shape index (κ2) is 9.09. The number of anilines is 1. The molecule has 1 aromatic heterocycles. The van der Waals surface area contributed by atoms with E-state index in [9.17, 15) is 13.2 Å². The van der Waals surface area contributed by atoms with Gasteiger partial charge in [0.05, 0.1) is 32.6 Å². The molecule has 0 atom stereocenters. The first-order chi connectivity index (χ1) is 14.2. The number of halogens is 3. The van der Waals surface area contributed by atoms with E-state index in [0.29, 0.717) is 11.3 Å². The number of esters is 1. The molecule has 0 aliphatic carbocycles. The lowest BCUT2D eigenvalue weighted by molar-refractivity contribution is 0.0600. The summed E-state index contributed by atoms with van der Waals surface area (Å²) in [5.74, 6) is -0.234. The zero-order valence-electron chi connectivity index (χ0n) is 15.2. The Kier molecular flexibility index (Phi) is 6.72. The van der Waals surface area contributed by atoms with E-state index in [1.165, 1.54) is 61.8 Å². The van der Waals surface area contributed by atoms with Crippen LogP contribution in [0, 0.1) is 0 Å². The third-order valence-electron chi connectivity index (χ3n) is 3.75. The molecule has 11 heteroatoms. The molecular formula is C19H13Cl3N2O5S. The first kappa shape index (κ1) is 22.2. The van der Waals surface area contributed by atoms with Gasteiger partial charge in [-0.2, -0.15) is 0 Å². The van der Waals surface area contributed by atoms with Crippen LogP contribution in [0.4, 0.5) is 5.69 Å². The highest BCUT2D eigenvalue weighted by Crippen LogP contribution is 2.32. The van der Waals surface area contributed by atoms with Gasteiger partial charge in [-0.05, 0) is 48.5 Å². The van der Waals surface area contributed by atoms with Crippen molar-refractivity contribution in [3.05, 3.63) is 75.4 Å². The van der Waals surface area contributed by atoms with E-state index < -0.39 is 16.0 Å². The molecule has 0 unspecified atom stereocenters. The van der Waals surface area contributed by atoms with Crippen molar-refractivity contribution in [1.29, 1.82) is 0 Å². The molecule has 0 radical (unpaired) electrons. The molecule has 0 aliphatic heterocycles. The minimum atomic E-state index is -4.04. The number of hydrogen-bond acceptors (Lipinski definition) is 6. The van der Waals surface area contributed by atoms with Gasteiger partial charge in [0.2, 0.25) is 5.88 Å². The zero-order valence-corrected chi connectivity index (χ0v) is 18.3. The van der Waals surface area contributed by atoms with Gasteiger partial charge in [0.25, 0.3) is 10.0 Å². The van der Waals surface area contributed by atoms with Gasteiger partial charge in [0, 0.05) is 6.20 Å². The number of hydrogen-bond donors (Lipinski definition) is 1. The number of sulfonamides is 1. The molecule has 1 N–H and O–H groups in total. The van der Waals surface area contributed by atoms with Crippen LogP contribution in [0.3, 0.4) is 0 Å². The molecule has 7 nitrogen and oxygen atoms in total. The van der Waals surface area contributed by atoms with Crippen LogP contribution in [-0.4, -0.2) is 26.5 Å². The van der Waals surface area contributed by atoms with E-state index in [1.807, 2.05) is 0 Å². The number of carbonyl (C=O) groups excluding carboxylic acids is 1. The summed E-state index contributed by atoms with van der Waals surface area (Å²) in [6.45, 7) is 0. The fourth-order valence-corrected chi connectivity index (χ4v) is 3.91. The predicted octanol–water partition coefficient (Wildman–Crippen LogP) is 5.42. The summed E-state index contributed by atoms with van der Waals surface area (Å²) in [6, 6.07) is 11.3. The molecule has 30 heavy (non-hydrogen) atoms. The van der Waals surface area contributed by atoms with Gasteiger partial charge in [-0.15, -0.1) is 0 Å². The number of nitrogens with one attached hydrogen (secondary N) is 1. The van der Waals surface area contributed by atoms with Crippen LogP contribution in [0.1, 0.15) is 10.4 Å². The molecule has 0 saturated carbocycles. The summed E-state index contributed by atoms with van der Waals surface area (Å²) in [5.41, 5.74) is 0.333. The lowest BCUT2D eigenvalue weighted by Gasteiger charge is -2.13. The summed E-state index contributed by atoms with van der Waals surface area (Å²) < 4.78 is 38.2. The van der Waals surface area contributed by atoms with Crippen molar-refractivity contribution in [1.82, 2.24) is 4.98 Å². The Morgan fingerprint density at radius 2 is 1.70 bits per heavy atom. The molecule has 1 heterocycles. The number of carbonyl (C=O) groups is 1. The Labute approximate surface area is 187 Å². The molecule has 0 spiro atoms. The Balaban J connectivity index is 1.90. The minimum Gasteiger partial charge on any atom is -0.465 e. The lowest BCUT2D eigenvalue weighted by atomic mass is 10.2. The highest BCUT2D eigenvalue weighted by atomic mass is 35.5. The summed E-state index contributed by atoms with van der Waals surface area (Å²) >= 11 is 17.7. The first-order valence-corrected chi connectivity index (χ1v) is 10.8. The van der Waals surface area contributed by atoms with Crippen LogP contribution in [0.15, 0.2) is 59.6 Å². The molecule has 156 valence electrons. The maximum absolute atomic E-state index is 12.7. The lowest BCUT2D eigenvalue weighted by Crippen LogP contribution is -2.14. The van der Waals surface area contributed by atoms with Gasteiger partial charge < -0.3 is 9.47 Å². The second-order valence-electron chi connectivity index (χ2n) is 5.81. The Bertz CT molecular complexity index is 1200. The molecule has 3 aromatic rings. The van der Waals surface area contributed by atoms with Crippen molar-refractivity contribution >= 4 is 56.5 Å². The molecule has 3 rings (SSSR count). The van der Waals surface area contributed by atoms with Crippen LogP contribution in [0.5, 0.6) is 11.6 Å². The average molecular weight is 488 g/mol. The third-order valence-corrected chi connectivity index (χ3v) is 6.06. The van der Waals surface area contributed by atoms with E-state index in [1.54, 1.807) is 0 Å².